The van der Waals surface area contributed by atoms with E-state index in [1.54, 1.807) is 0 Å². The molecule has 0 aromatic rings. The van der Waals surface area contributed by atoms with Crippen LogP contribution in [-0.4, -0.2) is 40.7 Å². The van der Waals surface area contributed by atoms with E-state index < -0.39 is 0 Å². The molecule has 0 aliphatic heterocycles. The van der Waals surface area contributed by atoms with Crippen LogP contribution in [0.5, 0.6) is 0 Å². The minimum atomic E-state index is 0. The van der Waals surface area contributed by atoms with Gasteiger partial charge in [0.15, 0.2) is 0 Å². The van der Waals surface area contributed by atoms with Crippen LogP contribution < -0.4 is 0 Å². The van der Waals surface area contributed by atoms with Crippen molar-refractivity contribution in [2.75, 3.05) is 0 Å². The van der Waals surface area contributed by atoms with E-state index in [0.717, 1.165) is 0 Å². The second-order valence-corrected chi connectivity index (χ2v) is 6.08. The van der Waals surface area contributed by atoms with E-state index in [1.807, 2.05) is 40.7 Å². The second kappa shape index (κ2) is 141. The van der Waals surface area contributed by atoms with Gasteiger partial charge in [0.25, 0.3) is 0 Å². The van der Waals surface area contributed by atoms with Crippen molar-refractivity contribution in [2.45, 2.75) is 102 Å². The number of rotatable bonds is 14. The topological polar surface area (TPSA) is 102 Å². The Morgan fingerprint density at radius 3 is 0.647 bits per heavy atom. The summed E-state index contributed by atoms with van der Waals surface area (Å²) in [6.45, 7) is 14.3. The summed E-state index contributed by atoms with van der Waals surface area (Å²) in [6, 6.07) is 0. The van der Waals surface area contributed by atoms with Crippen LogP contribution in [0, 0.1) is 0 Å². The largest absolute Gasteiger partial charge is 0 e. The molecule has 6 nitrogen and oxygen atoms in total. The van der Waals surface area contributed by atoms with E-state index >= 15 is 0 Å². The maximum absolute atomic E-state index is 8.00. The third kappa shape index (κ3) is 146. The molecule has 0 aromatic carbocycles. The fourth-order valence-electron chi connectivity index (χ4n) is 2.28. The quantitative estimate of drug-likeness (QED) is 0.173. The third-order valence-electron chi connectivity index (χ3n) is 3.47. The zero-order valence-corrected chi connectivity index (χ0v) is 30.1. The van der Waals surface area contributed by atoms with E-state index in [-0.39, 0.29) is 97.4 Å². The zero-order valence-electron chi connectivity index (χ0n) is 20.3. The van der Waals surface area contributed by atoms with Crippen LogP contribution in [0.25, 0.3) is 0 Å². The van der Waals surface area contributed by atoms with Crippen LogP contribution in [0.15, 0.2) is 0 Å². The van der Waals surface area contributed by atoms with Crippen molar-refractivity contribution >= 4 is 40.7 Å². The number of hydrogen-bond acceptors (Lipinski definition) is 6. The van der Waals surface area contributed by atoms with Crippen LogP contribution in [-0.2, 0) is 144 Å². The molecular weight excluding hydrogens is 978 g/mol. The summed E-state index contributed by atoms with van der Waals surface area (Å²) < 4.78 is 0. The first-order chi connectivity index (χ1) is 14.4. The molecule has 12 heteroatoms. The average Bonchev–Trinajstić information content (AvgIpc) is 2.85. The Balaban J connectivity index is -0.0000000248. The van der Waals surface area contributed by atoms with Gasteiger partial charge in [0, 0.05) is 97.4 Å². The molecule has 0 aromatic heterocycles. The summed E-state index contributed by atoms with van der Waals surface area (Å²) >= 11 is 2.99. The molecule has 34 heavy (non-hydrogen) atoms. The van der Waals surface area contributed by atoms with E-state index in [1.165, 1.54) is 94.9 Å². The summed E-state index contributed by atoms with van der Waals surface area (Å²) in [5, 5.41) is 1.26. The van der Waals surface area contributed by atoms with E-state index in [0.29, 0.717) is 0 Å². The average molecular weight is 1020 g/mol. The Bertz CT molecular complexity index is 199. The van der Waals surface area contributed by atoms with Crippen LogP contribution in [0.3, 0.4) is 0 Å². The molecule has 0 unspecified atom stereocenters. The molecule has 0 heterocycles. The van der Waals surface area contributed by atoms with Crippen molar-refractivity contribution in [3.05, 3.63) is 0 Å². The van der Waals surface area contributed by atoms with Gasteiger partial charge in [-0.1, -0.05) is 26.2 Å². The molecule has 0 fully saturated rings. The summed E-state index contributed by atoms with van der Waals surface area (Å²) in [5.74, 6) is 0. The van der Waals surface area contributed by atoms with Crippen LogP contribution in [0.4, 0.5) is 0 Å². The molecule has 5 radical (unpaired) electrons. The molecule has 0 bridgehead atoms. The molecule has 0 aliphatic carbocycles. The van der Waals surface area contributed by atoms with Crippen LogP contribution in [0.2, 0.25) is 5.02 Å². The van der Waals surface area contributed by atoms with Gasteiger partial charge < -0.3 is 28.8 Å². The Morgan fingerprint density at radius 2 is 0.500 bits per heavy atom. The molecule has 0 amide bonds. The van der Waals surface area contributed by atoms with Crippen molar-refractivity contribution in [2.24, 2.45) is 0 Å². The first kappa shape index (κ1) is 76.5. The fourth-order valence-corrected chi connectivity index (χ4v) is 2.69. The first-order valence-electron chi connectivity index (χ1n) is 9.67. The molecular formula is C22H45O6Rh6. The standard InChI is InChI=1S/C16H33.6CH2O.6Rh/c1-3-5-7-9-11-13-15-16-14-12-10-8-6-4-2;6*1-2;;;;;;/h1,3-16H2,2H3;6*1H2;;;;;;. The number of carbonyl (C=O) groups is 6. The van der Waals surface area contributed by atoms with E-state index in [2.05, 4.69) is 25.2 Å². The molecule has 0 aliphatic rings. The summed E-state index contributed by atoms with van der Waals surface area (Å²) in [6.07, 6.45) is 20.4. The van der Waals surface area contributed by atoms with Gasteiger partial charge in [-0.05, 0) is 0 Å². The van der Waals surface area contributed by atoms with Gasteiger partial charge in [-0.3, -0.25) is 0 Å². The van der Waals surface area contributed by atoms with Crippen molar-refractivity contribution in [3.8, 4) is 0 Å². The normalized spacial score (nSPS) is 6.21. The van der Waals surface area contributed by atoms with Crippen molar-refractivity contribution in [1.29, 1.82) is 0 Å². The van der Waals surface area contributed by atoms with Gasteiger partial charge in [-0.2, -0.15) is 0 Å². The van der Waals surface area contributed by atoms with Crippen molar-refractivity contribution in [3.63, 3.8) is 0 Å². The fraction of sp³-hybridized carbons (Fsp3) is 0.727. The summed E-state index contributed by atoms with van der Waals surface area (Å²) in [7, 11) is 0. The number of carbonyl (C=O) groups excluding carboxylic acids is 6. The summed E-state index contributed by atoms with van der Waals surface area (Å²) in [4.78, 5) is 48.0. The van der Waals surface area contributed by atoms with Gasteiger partial charge >= 0.3 is 93.9 Å². The maximum atomic E-state index is 8.00. The van der Waals surface area contributed by atoms with Gasteiger partial charge in [-0.25, -0.2) is 0 Å². The molecule has 0 saturated heterocycles. The SMILES string of the molecule is C=O.C=O.C=O.C=O.C=O.C=O.CCCCCCCCCCCCCCC[CH2][Rh].[Rh].[Rh].[Rh].[Rh].[Rh]. The molecule has 0 spiro atoms. The predicted molar refractivity (Wildman–Crippen MR) is 118 cm³/mol. The molecule has 223 valence electrons. The monoisotopic (exact) mass is 1020 g/mol. The Morgan fingerprint density at radius 1 is 0.353 bits per heavy atom. The van der Waals surface area contributed by atoms with Gasteiger partial charge in [-0.15, -0.1) is 0 Å². The third-order valence-corrected chi connectivity index (χ3v) is 4.05. The molecule has 0 atom stereocenters. The summed E-state index contributed by atoms with van der Waals surface area (Å²) in [5.41, 5.74) is 0. The van der Waals surface area contributed by atoms with Crippen LogP contribution >= 0.6 is 0 Å². The molecule has 0 N–H and O–H groups in total. The second-order valence-electron chi connectivity index (χ2n) is 5.26. The Hall–Kier alpha value is 1.76. The predicted octanol–water partition coefficient (Wildman–Crippen LogP) is 5.31. The first-order valence-corrected chi connectivity index (χ1v) is 10.8. The number of hydrogen-bond donors (Lipinski definition) is 0. The Kier molecular flexibility index (Phi) is 317. The van der Waals surface area contributed by atoms with Crippen molar-refractivity contribution in [1.82, 2.24) is 0 Å². The molecule has 0 saturated carbocycles. The zero-order chi connectivity index (χ0) is 24.6. The number of unbranched alkanes of at least 4 members (excludes halogenated alkanes) is 13. The van der Waals surface area contributed by atoms with Crippen molar-refractivity contribution < 1.29 is 144 Å². The smallest absolute Gasteiger partial charge is 0 e. The van der Waals surface area contributed by atoms with E-state index in [4.69, 9.17) is 28.8 Å². The minimum Gasteiger partial charge on any atom is 0 e. The molecule has 0 rings (SSSR count). The van der Waals surface area contributed by atoms with E-state index in [9.17, 15) is 0 Å². The van der Waals surface area contributed by atoms with Crippen LogP contribution in [0.1, 0.15) is 96.8 Å². The van der Waals surface area contributed by atoms with Gasteiger partial charge in [0.1, 0.15) is 40.7 Å². The van der Waals surface area contributed by atoms with Gasteiger partial charge in [0.05, 0.1) is 0 Å². The maximum Gasteiger partial charge on any atom is 0 e. The minimum absolute atomic E-state index is 0. The Labute approximate surface area is 284 Å². The van der Waals surface area contributed by atoms with Gasteiger partial charge in [0.2, 0.25) is 0 Å².